The number of likely N-dealkylation sites (N-methyl/N-ethyl adjacent to an activating group) is 1. The van der Waals surface area contributed by atoms with Gasteiger partial charge in [0, 0.05) is 11.9 Å². The van der Waals surface area contributed by atoms with E-state index >= 15 is 0 Å². The summed E-state index contributed by atoms with van der Waals surface area (Å²) in [5, 5.41) is 21.4. The minimum absolute atomic E-state index is 0.184. The Bertz CT molecular complexity index is 238. The normalized spacial score (nSPS) is 18.4. The highest BCUT2D eigenvalue weighted by Crippen LogP contribution is 2.23. The van der Waals surface area contributed by atoms with Crippen molar-refractivity contribution in [3.8, 4) is 0 Å². The third kappa shape index (κ3) is 6.29. The summed E-state index contributed by atoms with van der Waals surface area (Å²) in [7, 11) is 0. The number of carboxylic acid groups (broad SMARTS) is 1. The van der Waals surface area contributed by atoms with E-state index in [0.29, 0.717) is 13.0 Å². The molecule has 0 radical (unpaired) electrons. The van der Waals surface area contributed by atoms with Crippen LogP contribution in [0.5, 0.6) is 0 Å². The maximum Gasteiger partial charge on any atom is 0.323 e. The quantitative estimate of drug-likeness (QED) is 0.589. The summed E-state index contributed by atoms with van der Waals surface area (Å²) in [6.45, 7) is 8.49. The van der Waals surface area contributed by atoms with Gasteiger partial charge in [-0.05, 0) is 31.6 Å². The van der Waals surface area contributed by atoms with E-state index in [1.165, 1.54) is 0 Å². The molecule has 102 valence electrons. The fourth-order valence-corrected chi connectivity index (χ4v) is 2.85. The molecule has 3 unspecified atom stereocenters. The topological polar surface area (TPSA) is 69.6 Å². The van der Waals surface area contributed by atoms with Crippen molar-refractivity contribution in [2.24, 2.45) is 5.92 Å². The summed E-state index contributed by atoms with van der Waals surface area (Å²) < 4.78 is 0. The molecule has 17 heavy (non-hydrogen) atoms. The third-order valence-electron chi connectivity index (χ3n) is 2.71. The van der Waals surface area contributed by atoms with Crippen molar-refractivity contribution in [2.45, 2.75) is 44.9 Å². The van der Waals surface area contributed by atoms with E-state index in [1.54, 1.807) is 18.7 Å². The molecule has 0 aliphatic heterocycles. The second-order valence-electron chi connectivity index (χ2n) is 4.80. The molecule has 0 aliphatic rings. The monoisotopic (exact) mass is 263 g/mol. The lowest BCUT2D eigenvalue weighted by atomic mass is 9.96. The number of thioether (sulfide) groups is 1. The lowest BCUT2D eigenvalue weighted by Crippen LogP contribution is -2.50. The summed E-state index contributed by atoms with van der Waals surface area (Å²) in [5.41, 5.74) is -0.858. The van der Waals surface area contributed by atoms with Gasteiger partial charge < -0.3 is 15.5 Å². The fraction of sp³-hybridized carbons (Fsp3) is 0.917. The van der Waals surface area contributed by atoms with Crippen LogP contribution in [0.3, 0.4) is 0 Å². The second kappa shape index (κ2) is 7.95. The van der Waals surface area contributed by atoms with Gasteiger partial charge in [0.05, 0.1) is 0 Å². The van der Waals surface area contributed by atoms with Crippen LogP contribution in [-0.4, -0.2) is 45.9 Å². The van der Waals surface area contributed by atoms with E-state index in [1.807, 2.05) is 20.8 Å². The van der Waals surface area contributed by atoms with Crippen LogP contribution in [0.1, 0.15) is 34.1 Å². The highest BCUT2D eigenvalue weighted by atomic mass is 32.2. The number of rotatable bonds is 9. The van der Waals surface area contributed by atoms with Crippen LogP contribution in [-0.2, 0) is 4.79 Å². The Morgan fingerprint density at radius 1 is 1.47 bits per heavy atom. The van der Waals surface area contributed by atoms with E-state index in [2.05, 4.69) is 5.32 Å². The van der Waals surface area contributed by atoms with Gasteiger partial charge in [-0.25, -0.2) is 0 Å². The van der Waals surface area contributed by atoms with Crippen LogP contribution in [0.4, 0.5) is 0 Å². The smallest absolute Gasteiger partial charge is 0.323 e. The zero-order valence-corrected chi connectivity index (χ0v) is 12.0. The predicted octanol–water partition coefficient (Wildman–Crippen LogP) is 1.58. The van der Waals surface area contributed by atoms with Gasteiger partial charge in [0.1, 0.15) is 5.54 Å². The molecule has 0 saturated carbocycles. The summed E-state index contributed by atoms with van der Waals surface area (Å²) in [5.74, 6) is 0.319. The first-order valence-corrected chi connectivity index (χ1v) is 7.11. The molecule has 0 aromatic rings. The van der Waals surface area contributed by atoms with Crippen molar-refractivity contribution < 1.29 is 15.0 Å². The molecular weight excluding hydrogens is 238 g/mol. The van der Waals surface area contributed by atoms with Crippen LogP contribution in [0.15, 0.2) is 0 Å². The average Bonchev–Trinajstić information content (AvgIpc) is 2.25. The minimum atomic E-state index is -0.858. The number of aliphatic carboxylic acids is 1. The molecule has 5 heteroatoms. The first-order valence-electron chi connectivity index (χ1n) is 6.06. The van der Waals surface area contributed by atoms with Gasteiger partial charge in [-0.15, -0.1) is 0 Å². The SMILES string of the molecule is CCNC(C)(CC(C)SCC(C)CO)C(=O)O. The van der Waals surface area contributed by atoms with Gasteiger partial charge in [0.15, 0.2) is 0 Å². The van der Waals surface area contributed by atoms with E-state index in [4.69, 9.17) is 5.11 Å². The minimum Gasteiger partial charge on any atom is -0.480 e. The molecule has 0 saturated heterocycles. The van der Waals surface area contributed by atoms with Crippen molar-refractivity contribution in [2.75, 3.05) is 18.9 Å². The maximum atomic E-state index is 11.2. The fourth-order valence-electron chi connectivity index (χ4n) is 1.64. The van der Waals surface area contributed by atoms with Crippen molar-refractivity contribution in [1.82, 2.24) is 5.32 Å². The molecule has 0 spiro atoms. The summed E-state index contributed by atoms with van der Waals surface area (Å²) in [4.78, 5) is 11.2. The van der Waals surface area contributed by atoms with Crippen LogP contribution in [0.25, 0.3) is 0 Å². The number of aliphatic hydroxyl groups is 1. The number of aliphatic hydroxyl groups excluding tert-OH is 1. The van der Waals surface area contributed by atoms with Gasteiger partial charge in [-0.1, -0.05) is 20.8 Å². The van der Waals surface area contributed by atoms with Gasteiger partial charge in [0.25, 0.3) is 0 Å². The Balaban J connectivity index is 4.22. The van der Waals surface area contributed by atoms with Crippen molar-refractivity contribution >= 4 is 17.7 Å². The lowest BCUT2D eigenvalue weighted by molar-refractivity contribution is -0.144. The van der Waals surface area contributed by atoms with Crippen LogP contribution >= 0.6 is 11.8 Å². The van der Waals surface area contributed by atoms with Gasteiger partial charge in [-0.3, -0.25) is 4.79 Å². The molecule has 0 aromatic heterocycles. The molecule has 0 aromatic carbocycles. The highest BCUT2D eigenvalue weighted by molar-refractivity contribution is 7.99. The summed E-state index contributed by atoms with van der Waals surface area (Å²) in [6, 6.07) is 0. The zero-order chi connectivity index (χ0) is 13.5. The molecule has 4 nitrogen and oxygen atoms in total. The molecular formula is C12H25NO3S. The third-order valence-corrected chi connectivity index (χ3v) is 4.21. The molecule has 0 amide bonds. The van der Waals surface area contributed by atoms with E-state index < -0.39 is 11.5 Å². The van der Waals surface area contributed by atoms with E-state index in [9.17, 15) is 9.90 Å². The van der Waals surface area contributed by atoms with Crippen LogP contribution in [0, 0.1) is 5.92 Å². The van der Waals surface area contributed by atoms with E-state index in [-0.39, 0.29) is 17.8 Å². The van der Waals surface area contributed by atoms with Gasteiger partial charge >= 0.3 is 5.97 Å². The number of carbonyl (C=O) groups is 1. The van der Waals surface area contributed by atoms with Crippen molar-refractivity contribution in [1.29, 1.82) is 0 Å². The molecule has 0 bridgehead atoms. The molecule has 0 aliphatic carbocycles. The first-order chi connectivity index (χ1) is 7.85. The summed E-state index contributed by atoms with van der Waals surface area (Å²) >= 11 is 1.72. The largest absolute Gasteiger partial charge is 0.480 e. The summed E-state index contributed by atoms with van der Waals surface area (Å²) in [6.07, 6.45) is 0.582. The Hall–Kier alpha value is -0.260. The zero-order valence-electron chi connectivity index (χ0n) is 11.2. The Morgan fingerprint density at radius 3 is 2.47 bits per heavy atom. The number of carboxylic acids is 1. The van der Waals surface area contributed by atoms with E-state index in [0.717, 1.165) is 5.75 Å². The Morgan fingerprint density at radius 2 is 2.06 bits per heavy atom. The van der Waals surface area contributed by atoms with Gasteiger partial charge in [0.2, 0.25) is 0 Å². The number of hydrogen-bond acceptors (Lipinski definition) is 4. The van der Waals surface area contributed by atoms with Crippen LogP contribution < -0.4 is 5.32 Å². The Labute approximate surface area is 108 Å². The molecule has 0 rings (SSSR count). The number of hydrogen-bond donors (Lipinski definition) is 3. The standard InChI is InChI=1S/C12H25NO3S/c1-5-13-12(4,11(15)16)6-10(3)17-8-9(2)7-14/h9-10,13-14H,5-8H2,1-4H3,(H,15,16). The average molecular weight is 263 g/mol. The first kappa shape index (κ1) is 16.7. The molecule has 0 fully saturated rings. The molecule has 0 heterocycles. The highest BCUT2D eigenvalue weighted by Gasteiger charge is 2.33. The number of nitrogens with one attached hydrogen (secondary N) is 1. The lowest BCUT2D eigenvalue weighted by Gasteiger charge is -2.28. The van der Waals surface area contributed by atoms with Crippen molar-refractivity contribution in [3.05, 3.63) is 0 Å². The van der Waals surface area contributed by atoms with Gasteiger partial charge in [-0.2, -0.15) is 11.8 Å². The van der Waals surface area contributed by atoms with Crippen molar-refractivity contribution in [3.63, 3.8) is 0 Å². The van der Waals surface area contributed by atoms with Crippen LogP contribution in [0.2, 0.25) is 0 Å². The molecule has 3 N–H and O–H groups in total. The second-order valence-corrected chi connectivity index (χ2v) is 6.27. The Kier molecular flexibility index (Phi) is 7.83. The molecule has 3 atom stereocenters. The maximum absolute atomic E-state index is 11.2. The predicted molar refractivity (Wildman–Crippen MR) is 72.5 cm³/mol.